The number of aromatic nitrogens is 4. The summed E-state index contributed by atoms with van der Waals surface area (Å²) in [4.78, 5) is 9.53. The van der Waals surface area contributed by atoms with Gasteiger partial charge < -0.3 is 9.13 Å². The Kier molecular flexibility index (Phi) is 9.62. The second kappa shape index (κ2) is 16.0. The van der Waals surface area contributed by atoms with Crippen LogP contribution < -0.4 is 0 Å². The molecule has 4 aromatic heterocycles. The zero-order valence-corrected chi connectivity index (χ0v) is 35.9. The number of rotatable bonds is 7. The first-order chi connectivity index (χ1) is 33.2. The first-order valence-corrected chi connectivity index (χ1v) is 22.0. The maximum atomic E-state index is 15.8. The predicted molar refractivity (Wildman–Crippen MR) is 263 cm³/mol. The summed E-state index contributed by atoms with van der Waals surface area (Å²) in [7, 11) is 0. The van der Waals surface area contributed by atoms with E-state index in [1.54, 1.807) is 21.5 Å². The minimum atomic E-state index is -4.84. The Morgan fingerprint density at radius 3 is 1.24 bits per heavy atom. The van der Waals surface area contributed by atoms with Crippen molar-refractivity contribution in [3.05, 3.63) is 230 Å². The third kappa shape index (κ3) is 6.81. The number of hydrogen-bond donors (Lipinski definition) is 0. The third-order valence-corrected chi connectivity index (χ3v) is 12.7. The van der Waals surface area contributed by atoms with Crippen molar-refractivity contribution in [3.63, 3.8) is 0 Å². The SMILES string of the molecule is Fc1cc(F)cc(-c2c(-n3c4ccccc4c4ccc(-c5cccnc5-c5ccccc5)cc43)cc(C(F)(F)F)cc2-n2c3ccccc3c3ccc(-c4cccnc4-c4ccccc4)cc32)c1. The molecule has 0 radical (unpaired) electrons. The molecule has 0 fully saturated rings. The predicted octanol–water partition coefficient (Wildman–Crippen LogP) is 16.3. The monoisotopic (exact) mass is 894 g/mol. The van der Waals surface area contributed by atoms with Gasteiger partial charge in [-0.05, 0) is 77.4 Å². The van der Waals surface area contributed by atoms with Crippen molar-refractivity contribution in [1.29, 1.82) is 0 Å². The standard InChI is InChI=1S/C59H35F5N4/c60-42-29-40(30-43(61)35-42)56-54(67-50-21-9-7-17-46(50)48-25-23-38(31-52(48)67)44-19-11-27-65-57(44)36-13-3-1-4-14-36)33-41(59(62,63)64)34-55(56)68-51-22-10-8-18-47(51)49-26-24-39(32-53(49)68)45-20-12-28-66-58(45)37-15-5-2-6-16-37/h1-35H. The van der Waals surface area contributed by atoms with Crippen LogP contribution in [0.25, 0.3) is 111 Å². The van der Waals surface area contributed by atoms with Crippen molar-refractivity contribution in [2.45, 2.75) is 6.18 Å². The summed E-state index contributed by atoms with van der Waals surface area (Å²) in [6, 6.07) is 59.4. The van der Waals surface area contributed by atoms with Gasteiger partial charge >= 0.3 is 6.18 Å². The van der Waals surface area contributed by atoms with E-state index in [-0.39, 0.29) is 22.5 Å². The highest BCUT2D eigenvalue weighted by Gasteiger charge is 2.35. The van der Waals surface area contributed by atoms with Gasteiger partial charge in [0.1, 0.15) is 11.6 Å². The van der Waals surface area contributed by atoms with Crippen LogP contribution in [0.5, 0.6) is 0 Å². The summed E-state index contributed by atoms with van der Waals surface area (Å²) in [5.74, 6) is -1.75. The fourth-order valence-corrected chi connectivity index (χ4v) is 9.85. The Morgan fingerprint density at radius 1 is 0.353 bits per heavy atom. The molecule has 0 amide bonds. The van der Waals surface area contributed by atoms with Crippen LogP contribution in [-0.2, 0) is 6.18 Å². The summed E-state index contributed by atoms with van der Waals surface area (Å²) in [6.07, 6.45) is -1.39. The van der Waals surface area contributed by atoms with Gasteiger partial charge in [-0.1, -0.05) is 133 Å². The second-order valence-electron chi connectivity index (χ2n) is 16.7. The summed E-state index contributed by atoms with van der Waals surface area (Å²) >= 11 is 0. The third-order valence-electron chi connectivity index (χ3n) is 12.7. The van der Waals surface area contributed by atoms with Crippen LogP contribution in [0.2, 0.25) is 0 Å². The van der Waals surface area contributed by atoms with E-state index < -0.39 is 23.4 Å². The van der Waals surface area contributed by atoms with Crippen LogP contribution in [0.15, 0.2) is 213 Å². The largest absolute Gasteiger partial charge is 0.416 e. The Bertz CT molecular complexity index is 3690. The smallest absolute Gasteiger partial charge is 0.309 e. The van der Waals surface area contributed by atoms with E-state index in [0.29, 0.717) is 22.1 Å². The van der Waals surface area contributed by atoms with Crippen LogP contribution in [0, 0.1) is 11.6 Å². The van der Waals surface area contributed by atoms with Gasteiger partial charge in [-0.25, -0.2) is 8.78 Å². The lowest BCUT2D eigenvalue weighted by atomic mass is 9.96. The van der Waals surface area contributed by atoms with Crippen LogP contribution in [0.1, 0.15) is 5.56 Å². The average Bonchev–Trinajstić information content (AvgIpc) is 3.88. The number of hydrogen-bond acceptors (Lipinski definition) is 2. The summed E-state index contributed by atoms with van der Waals surface area (Å²) in [6.45, 7) is 0. The highest BCUT2D eigenvalue weighted by atomic mass is 19.4. The lowest BCUT2D eigenvalue weighted by Gasteiger charge is -2.23. The van der Waals surface area contributed by atoms with Gasteiger partial charge in [-0.3, -0.25) is 9.97 Å². The molecule has 0 bridgehead atoms. The molecule has 0 aliphatic carbocycles. The van der Waals surface area contributed by atoms with Crippen LogP contribution >= 0.6 is 0 Å². The Labute approximate surface area is 386 Å². The summed E-state index contributed by atoms with van der Waals surface area (Å²) < 4.78 is 82.4. The van der Waals surface area contributed by atoms with Gasteiger partial charge in [-0.2, -0.15) is 13.2 Å². The lowest BCUT2D eigenvalue weighted by Crippen LogP contribution is -2.11. The van der Waals surface area contributed by atoms with Gasteiger partial charge in [0.05, 0.1) is 50.4 Å². The van der Waals surface area contributed by atoms with Crippen LogP contribution in [0.3, 0.4) is 0 Å². The topological polar surface area (TPSA) is 35.6 Å². The molecule has 8 aromatic carbocycles. The number of alkyl halides is 3. The first kappa shape index (κ1) is 40.8. The van der Waals surface area contributed by atoms with Crippen molar-refractivity contribution >= 4 is 43.6 Å². The maximum absolute atomic E-state index is 15.8. The van der Waals surface area contributed by atoms with Crippen LogP contribution in [0.4, 0.5) is 22.0 Å². The van der Waals surface area contributed by atoms with Crippen molar-refractivity contribution < 1.29 is 22.0 Å². The number of nitrogens with zero attached hydrogens (tertiary/aromatic N) is 4. The van der Waals surface area contributed by atoms with Crippen molar-refractivity contribution in [1.82, 2.24) is 19.1 Å². The van der Waals surface area contributed by atoms with Crippen molar-refractivity contribution in [2.24, 2.45) is 0 Å². The van der Waals surface area contributed by atoms with Gasteiger partial charge in [-0.15, -0.1) is 0 Å². The highest BCUT2D eigenvalue weighted by Crippen LogP contribution is 2.47. The maximum Gasteiger partial charge on any atom is 0.416 e. The fraction of sp³-hybridized carbons (Fsp3) is 0.0169. The van der Waals surface area contributed by atoms with E-state index in [1.807, 2.05) is 170 Å². The molecule has 4 nitrogen and oxygen atoms in total. The second-order valence-corrected chi connectivity index (χ2v) is 16.7. The molecule has 0 spiro atoms. The fourth-order valence-electron chi connectivity index (χ4n) is 9.85. The molecule has 68 heavy (non-hydrogen) atoms. The zero-order valence-electron chi connectivity index (χ0n) is 35.9. The average molecular weight is 895 g/mol. The van der Waals surface area contributed by atoms with Gasteiger partial charge in [0, 0.05) is 67.8 Å². The van der Waals surface area contributed by atoms with E-state index in [4.69, 9.17) is 9.97 Å². The molecule has 0 unspecified atom stereocenters. The highest BCUT2D eigenvalue weighted by molar-refractivity contribution is 6.13. The molecule has 0 aliphatic rings. The first-order valence-electron chi connectivity index (χ1n) is 22.0. The Morgan fingerprint density at radius 2 is 0.779 bits per heavy atom. The minimum absolute atomic E-state index is 0.0580. The molecular formula is C59H35F5N4. The minimum Gasteiger partial charge on any atom is -0.309 e. The molecule has 0 atom stereocenters. The molecular weight excluding hydrogens is 860 g/mol. The van der Waals surface area contributed by atoms with Gasteiger partial charge in [0.25, 0.3) is 0 Å². The Hall–Kier alpha value is -8.69. The van der Waals surface area contributed by atoms with Gasteiger partial charge in [0.2, 0.25) is 0 Å². The molecule has 12 rings (SSSR count). The molecule has 4 heterocycles. The molecule has 0 saturated heterocycles. The number of pyridine rings is 2. The molecule has 326 valence electrons. The molecule has 0 aliphatic heterocycles. The zero-order chi connectivity index (χ0) is 46.1. The lowest BCUT2D eigenvalue weighted by molar-refractivity contribution is -0.137. The normalized spacial score (nSPS) is 11.9. The van der Waals surface area contributed by atoms with E-state index in [2.05, 4.69) is 0 Å². The number of para-hydroxylation sites is 2. The molecule has 0 N–H and O–H groups in total. The van der Waals surface area contributed by atoms with Crippen molar-refractivity contribution in [2.75, 3.05) is 0 Å². The molecule has 9 heteroatoms. The Balaban J connectivity index is 1.21. The number of halogens is 5. The van der Waals surface area contributed by atoms with E-state index in [1.165, 1.54) is 12.1 Å². The quantitative estimate of drug-likeness (QED) is 0.149. The van der Waals surface area contributed by atoms with E-state index in [0.717, 1.165) is 84.5 Å². The summed E-state index contributed by atoms with van der Waals surface area (Å²) in [5, 5.41) is 3.12. The van der Waals surface area contributed by atoms with Crippen LogP contribution in [-0.4, -0.2) is 19.1 Å². The number of fused-ring (bicyclic) bond motifs is 6. The van der Waals surface area contributed by atoms with E-state index >= 15 is 22.0 Å². The molecule has 12 aromatic rings. The van der Waals surface area contributed by atoms with E-state index in [9.17, 15) is 0 Å². The van der Waals surface area contributed by atoms with Gasteiger partial charge in [0.15, 0.2) is 0 Å². The summed E-state index contributed by atoms with van der Waals surface area (Å²) in [5.41, 5.74) is 8.32. The number of benzene rings is 8. The molecule has 0 saturated carbocycles. The van der Waals surface area contributed by atoms with Crippen molar-refractivity contribution in [3.8, 4) is 67.3 Å².